The second-order valence-corrected chi connectivity index (χ2v) is 17.2. The average molecular weight is 693 g/mol. The van der Waals surface area contributed by atoms with Gasteiger partial charge in [0.25, 0.3) is 15.1 Å². The van der Waals surface area contributed by atoms with Gasteiger partial charge in [-0.2, -0.15) is 13.0 Å². The van der Waals surface area contributed by atoms with E-state index in [9.17, 15) is 25.9 Å². The van der Waals surface area contributed by atoms with E-state index in [4.69, 9.17) is 0 Å². The Hall–Kier alpha value is -2.30. The molecule has 2 aromatic carbocycles. The van der Waals surface area contributed by atoms with Crippen LogP contribution in [-0.2, 0) is 26.8 Å². The van der Waals surface area contributed by atoms with Gasteiger partial charge in [-0.3, -0.25) is 4.55 Å². The Kier molecular flexibility index (Phi) is 8.74. The first-order valence-corrected chi connectivity index (χ1v) is 20.2. The summed E-state index contributed by atoms with van der Waals surface area (Å²) in [7, 11) is -8.40. The minimum atomic E-state index is -4.32. The quantitative estimate of drug-likeness (QED) is 0.115. The Balaban J connectivity index is 1.42. The van der Waals surface area contributed by atoms with Crippen molar-refractivity contribution >= 4 is 108 Å². The Bertz CT molecular complexity index is 2120. The van der Waals surface area contributed by atoms with Crippen LogP contribution in [0.25, 0.3) is 36.5 Å². The van der Waals surface area contributed by atoms with Crippen LogP contribution in [0.15, 0.2) is 68.7 Å². The van der Waals surface area contributed by atoms with E-state index in [0.29, 0.717) is 13.1 Å². The second kappa shape index (κ2) is 12.2. The van der Waals surface area contributed by atoms with Crippen LogP contribution in [0, 0.1) is 0 Å². The van der Waals surface area contributed by atoms with E-state index in [1.807, 2.05) is 10.8 Å². The lowest BCUT2D eigenvalue weighted by Gasteiger charge is -2.22. The number of hydrogen-bond acceptors (Lipinski definition) is 10. The first kappa shape index (κ1) is 30.7. The maximum atomic E-state index is 11.5. The number of rotatable bonds is 11. The molecule has 1 N–H and O–H groups in total. The van der Waals surface area contributed by atoms with Gasteiger partial charge in [0.2, 0.25) is 5.52 Å². The van der Waals surface area contributed by atoms with Crippen molar-refractivity contribution in [3.63, 3.8) is 0 Å². The third-order valence-electron chi connectivity index (χ3n) is 7.22. The van der Waals surface area contributed by atoms with Crippen LogP contribution in [0.1, 0.15) is 31.2 Å². The second-order valence-electron chi connectivity index (χ2n) is 10.2. The van der Waals surface area contributed by atoms with E-state index >= 15 is 0 Å². The fourth-order valence-electron chi connectivity index (χ4n) is 5.29. The van der Waals surface area contributed by atoms with Gasteiger partial charge in [0.05, 0.1) is 36.7 Å². The predicted molar refractivity (Wildman–Crippen MR) is 179 cm³/mol. The summed E-state index contributed by atoms with van der Waals surface area (Å²) in [6, 6.07) is 12.5. The summed E-state index contributed by atoms with van der Waals surface area (Å²) in [4.78, 5) is 3.22. The number of benzene rings is 2. The molecule has 0 spiro atoms. The van der Waals surface area contributed by atoms with Crippen molar-refractivity contribution in [2.24, 2.45) is 0 Å². The van der Waals surface area contributed by atoms with Crippen LogP contribution in [0.4, 0.5) is 5.69 Å². The molecule has 1 aliphatic heterocycles. The van der Waals surface area contributed by atoms with Crippen LogP contribution in [0.2, 0.25) is 0 Å². The molecule has 0 radical (unpaired) electrons. The Labute approximate surface area is 266 Å². The summed E-state index contributed by atoms with van der Waals surface area (Å²) in [5, 5.41) is 8.27. The van der Waals surface area contributed by atoms with Gasteiger partial charge in [-0.15, -0.1) is 22.7 Å². The first-order valence-electron chi connectivity index (χ1n) is 13.6. The molecule has 5 aromatic rings. The molecule has 8 nitrogen and oxygen atoms in total. The average Bonchev–Trinajstić information content (AvgIpc) is 3.71. The van der Waals surface area contributed by atoms with Crippen LogP contribution in [0.3, 0.4) is 0 Å². The maximum Gasteiger partial charge on any atom is 0.265 e. The number of thiazole rings is 1. The van der Waals surface area contributed by atoms with Crippen molar-refractivity contribution in [3.8, 4) is 0 Å². The van der Waals surface area contributed by atoms with Crippen LogP contribution in [0.5, 0.6) is 0 Å². The van der Waals surface area contributed by atoms with Crippen LogP contribution >= 0.6 is 45.8 Å². The van der Waals surface area contributed by atoms with Crippen LogP contribution in [-0.4, -0.2) is 44.0 Å². The molecule has 0 fully saturated rings. The smallest absolute Gasteiger partial charge is 0.265 e. The van der Waals surface area contributed by atoms with Gasteiger partial charge >= 0.3 is 0 Å². The number of thioether (sulfide) groups is 1. The molecular weight excluding hydrogens is 665 g/mol. The minimum Gasteiger partial charge on any atom is -0.748 e. The summed E-state index contributed by atoms with van der Waals surface area (Å²) >= 11 is 6.57. The lowest BCUT2D eigenvalue weighted by atomic mass is 10.1. The molecule has 226 valence electrons. The third-order valence-corrected chi connectivity index (χ3v) is 12.8. The Morgan fingerprint density at radius 1 is 1.00 bits per heavy atom. The molecule has 14 heteroatoms. The van der Waals surface area contributed by atoms with Crippen molar-refractivity contribution in [1.29, 1.82) is 0 Å². The number of hydrogen-bond donors (Lipinski definition) is 1. The van der Waals surface area contributed by atoms with E-state index in [2.05, 4.69) is 64.9 Å². The predicted octanol–water partition coefficient (Wildman–Crippen LogP) is 7.08. The fraction of sp³-hybridized carbons (Fsp3) is 0.276. The summed E-state index contributed by atoms with van der Waals surface area (Å²) in [6.45, 7) is 2.91. The number of aromatic nitrogens is 1. The highest BCUT2D eigenvalue weighted by Crippen LogP contribution is 2.51. The number of aryl methyl sites for hydroxylation is 1. The molecule has 4 heterocycles. The zero-order valence-electron chi connectivity index (χ0n) is 23.1. The lowest BCUT2D eigenvalue weighted by molar-refractivity contribution is -0.667. The lowest BCUT2D eigenvalue weighted by Crippen LogP contribution is -2.36. The van der Waals surface area contributed by atoms with Gasteiger partial charge in [-0.1, -0.05) is 36.1 Å². The van der Waals surface area contributed by atoms with E-state index in [1.165, 1.54) is 0 Å². The van der Waals surface area contributed by atoms with Crippen molar-refractivity contribution in [1.82, 2.24) is 0 Å². The maximum absolute atomic E-state index is 11.5. The highest BCUT2D eigenvalue weighted by molar-refractivity contribution is 8.03. The molecule has 0 saturated carbocycles. The van der Waals surface area contributed by atoms with Gasteiger partial charge in [-0.05, 0) is 71.0 Å². The standard InChI is InChI=1S/C29H28N2O6S6/c1-2-19(17-25-30(11-3-15-42(32,33)34)27-21-10-14-38-22(21)7-8-23(27)40-25)18-26-31(12-4-16-43(35,36)37)28-24(41-26)6-5-20-9-13-39-29(20)28/h5-10,13-14,17-18H,2-4,11-12,15-16H2,1H3,(H-,32,33,34,35,36,37). The summed E-state index contributed by atoms with van der Waals surface area (Å²) in [5.41, 5.74) is 3.15. The van der Waals surface area contributed by atoms with E-state index in [1.54, 1.807) is 45.8 Å². The molecule has 1 aliphatic rings. The number of allylic oxidation sites excluding steroid dienone is 2. The highest BCUT2D eigenvalue weighted by atomic mass is 32.2. The third kappa shape index (κ3) is 6.71. The topological polar surface area (TPSA) is 119 Å². The molecule has 0 unspecified atom stereocenters. The van der Waals surface area contributed by atoms with Crippen molar-refractivity contribution < 1.29 is 30.5 Å². The molecule has 0 bridgehead atoms. The number of thiophene rings is 2. The minimum absolute atomic E-state index is 0.219. The van der Waals surface area contributed by atoms with E-state index in [-0.39, 0.29) is 18.6 Å². The number of fused-ring (bicyclic) bond motifs is 6. The largest absolute Gasteiger partial charge is 0.748 e. The summed E-state index contributed by atoms with van der Waals surface area (Å²) in [5.74, 6) is -0.735. The van der Waals surface area contributed by atoms with Crippen molar-refractivity contribution in [2.45, 2.75) is 37.6 Å². The molecule has 0 amide bonds. The normalized spacial score (nSPS) is 15.5. The zero-order valence-corrected chi connectivity index (χ0v) is 28.0. The van der Waals surface area contributed by atoms with E-state index in [0.717, 1.165) is 63.0 Å². The highest BCUT2D eigenvalue weighted by Gasteiger charge is 2.28. The molecule has 3 aromatic heterocycles. The fourth-order valence-corrected chi connectivity index (χ4v) is 10.4. The van der Waals surface area contributed by atoms with Gasteiger partial charge in [0.15, 0.2) is 6.54 Å². The molecule has 6 rings (SSSR count). The van der Waals surface area contributed by atoms with Crippen molar-refractivity contribution in [3.05, 3.63) is 68.8 Å². The SMILES string of the molecule is CCC(=Cc1sc2ccc3sccc3c2[n+]1CCCS(=O)(=O)O)C=C1Sc2ccc3ccsc3c2N1CCCS(=O)(=O)[O-]. The van der Waals surface area contributed by atoms with Crippen molar-refractivity contribution in [2.75, 3.05) is 23.0 Å². The Morgan fingerprint density at radius 2 is 1.79 bits per heavy atom. The molecule has 43 heavy (non-hydrogen) atoms. The number of nitrogens with zero attached hydrogens (tertiary/aromatic N) is 2. The number of anilines is 1. The van der Waals surface area contributed by atoms with Gasteiger partial charge in [-0.25, -0.2) is 8.42 Å². The van der Waals surface area contributed by atoms with Gasteiger partial charge < -0.3 is 9.45 Å². The molecule has 0 saturated heterocycles. The molecular formula is C29H28N2O6S6. The summed E-state index contributed by atoms with van der Waals surface area (Å²) < 4.78 is 72.0. The molecule has 0 aliphatic carbocycles. The first-order chi connectivity index (χ1) is 20.5. The van der Waals surface area contributed by atoms with Crippen LogP contribution < -0.4 is 9.47 Å². The monoisotopic (exact) mass is 692 g/mol. The van der Waals surface area contributed by atoms with Gasteiger partial charge in [0.1, 0.15) is 4.70 Å². The van der Waals surface area contributed by atoms with Gasteiger partial charge in [0, 0.05) is 34.4 Å². The zero-order chi connectivity index (χ0) is 30.4. The Morgan fingerprint density at radius 3 is 2.56 bits per heavy atom. The summed E-state index contributed by atoms with van der Waals surface area (Å²) in [6.07, 6.45) is 5.48. The van der Waals surface area contributed by atoms with E-state index < -0.39 is 26.0 Å². The molecule has 0 atom stereocenters.